The summed E-state index contributed by atoms with van der Waals surface area (Å²) in [5, 5.41) is 4.55. The molecule has 4 aromatic rings. The summed E-state index contributed by atoms with van der Waals surface area (Å²) in [6.45, 7) is 0. The SMILES string of the molecule is O=S(=O)(O)c1ccccc1-c1c2cc/c(=N\c3ccccn3)cc-2oc2cc(Nc3ccccn3)ccc12. The van der Waals surface area contributed by atoms with E-state index >= 15 is 0 Å². The zero-order valence-electron chi connectivity index (χ0n) is 19.8. The van der Waals surface area contributed by atoms with Crippen molar-refractivity contribution in [3.63, 3.8) is 0 Å². The highest BCUT2D eigenvalue weighted by Gasteiger charge is 2.23. The van der Waals surface area contributed by atoms with E-state index in [2.05, 4.69) is 20.3 Å². The number of fused-ring (bicyclic) bond motifs is 2. The van der Waals surface area contributed by atoms with Crippen LogP contribution in [0.15, 0.2) is 124 Å². The maximum Gasteiger partial charge on any atom is 0.295 e. The topological polar surface area (TPSA) is 118 Å². The predicted molar refractivity (Wildman–Crippen MR) is 145 cm³/mol. The first kappa shape index (κ1) is 23.5. The van der Waals surface area contributed by atoms with E-state index in [1.807, 2.05) is 60.7 Å². The third-order valence-corrected chi connectivity index (χ3v) is 6.88. The molecule has 3 heterocycles. The van der Waals surface area contributed by atoms with Crippen molar-refractivity contribution in [2.45, 2.75) is 4.90 Å². The minimum atomic E-state index is -4.49. The fourth-order valence-corrected chi connectivity index (χ4v) is 5.05. The first-order valence-electron chi connectivity index (χ1n) is 11.7. The van der Waals surface area contributed by atoms with E-state index in [0.717, 1.165) is 5.69 Å². The molecular weight excluding hydrogens is 500 g/mol. The molecule has 6 rings (SSSR count). The van der Waals surface area contributed by atoms with Crippen molar-refractivity contribution < 1.29 is 17.4 Å². The molecule has 9 heteroatoms. The number of pyridine rings is 2. The maximum atomic E-state index is 12.3. The Balaban J connectivity index is 1.62. The summed E-state index contributed by atoms with van der Waals surface area (Å²) in [4.78, 5) is 12.9. The number of hydrogen-bond acceptors (Lipinski definition) is 7. The molecular formula is C29H20N4O4S. The van der Waals surface area contributed by atoms with E-state index < -0.39 is 10.1 Å². The summed E-state index contributed by atoms with van der Waals surface area (Å²) in [5.74, 6) is 1.71. The first-order chi connectivity index (χ1) is 18.5. The Morgan fingerprint density at radius 2 is 1.58 bits per heavy atom. The molecule has 0 fully saturated rings. The average molecular weight is 521 g/mol. The van der Waals surface area contributed by atoms with Crippen molar-refractivity contribution >= 4 is 38.4 Å². The van der Waals surface area contributed by atoms with E-state index in [9.17, 15) is 13.0 Å². The summed E-state index contributed by atoms with van der Waals surface area (Å²) in [6, 6.07) is 28.3. The van der Waals surface area contributed by atoms with E-state index in [1.165, 1.54) is 6.07 Å². The van der Waals surface area contributed by atoms with Gasteiger partial charge in [-0.05, 0) is 54.6 Å². The molecule has 0 saturated carbocycles. The van der Waals surface area contributed by atoms with Crippen LogP contribution in [0.5, 0.6) is 0 Å². The molecule has 1 aliphatic heterocycles. The van der Waals surface area contributed by atoms with Crippen molar-refractivity contribution in [1.82, 2.24) is 9.97 Å². The summed E-state index contributed by atoms with van der Waals surface area (Å²) in [5.41, 5.74) is 2.89. The minimum Gasteiger partial charge on any atom is -0.456 e. The quantitative estimate of drug-likeness (QED) is 0.205. The maximum absolute atomic E-state index is 12.3. The van der Waals surface area contributed by atoms with Crippen LogP contribution in [0.1, 0.15) is 0 Å². The molecule has 38 heavy (non-hydrogen) atoms. The summed E-state index contributed by atoms with van der Waals surface area (Å²) >= 11 is 0. The third kappa shape index (κ3) is 4.63. The second-order valence-corrected chi connectivity index (χ2v) is 9.87. The van der Waals surface area contributed by atoms with Gasteiger partial charge in [0.15, 0.2) is 5.82 Å². The standard InChI is InChI=1S/C29H20N4O4S/c34-38(35,36)26-8-2-1-7-23(26)29-21-13-11-19(32-27-9-3-5-15-30-27)17-24(21)37-25-18-20(12-14-22(25)29)33-28-10-4-6-16-31-28/h1-18H,(H,30,32)(H,34,35,36)/b33-20+. The molecule has 0 saturated heterocycles. The van der Waals surface area contributed by atoms with Crippen molar-refractivity contribution in [2.75, 3.05) is 5.32 Å². The van der Waals surface area contributed by atoms with Gasteiger partial charge in [-0.2, -0.15) is 8.42 Å². The molecule has 0 unspecified atom stereocenters. The Morgan fingerprint density at radius 3 is 2.34 bits per heavy atom. The van der Waals surface area contributed by atoms with Gasteiger partial charge in [-0.25, -0.2) is 15.0 Å². The second kappa shape index (κ2) is 9.55. The van der Waals surface area contributed by atoms with Gasteiger partial charge in [-0.15, -0.1) is 0 Å². The van der Waals surface area contributed by atoms with Crippen LogP contribution in [-0.4, -0.2) is 22.9 Å². The van der Waals surface area contributed by atoms with Gasteiger partial charge in [-0.3, -0.25) is 4.55 Å². The van der Waals surface area contributed by atoms with Gasteiger partial charge in [0.2, 0.25) is 0 Å². The molecule has 186 valence electrons. The molecule has 2 aromatic heterocycles. The van der Waals surface area contributed by atoms with Gasteiger partial charge in [0, 0.05) is 52.3 Å². The molecule has 8 nitrogen and oxygen atoms in total. The fraction of sp³-hybridized carbons (Fsp3) is 0. The number of aromatic nitrogens is 2. The zero-order chi connectivity index (χ0) is 26.1. The van der Waals surface area contributed by atoms with Gasteiger partial charge in [0.25, 0.3) is 10.1 Å². The molecule has 0 bridgehead atoms. The van der Waals surface area contributed by atoms with E-state index in [0.29, 0.717) is 50.4 Å². The number of hydrogen-bond donors (Lipinski definition) is 2. The fourth-order valence-electron chi connectivity index (χ4n) is 4.35. The van der Waals surface area contributed by atoms with Gasteiger partial charge < -0.3 is 9.73 Å². The smallest absolute Gasteiger partial charge is 0.295 e. The Bertz CT molecular complexity index is 1920. The van der Waals surface area contributed by atoms with Gasteiger partial charge >= 0.3 is 0 Å². The largest absolute Gasteiger partial charge is 0.456 e. The van der Waals surface area contributed by atoms with Crippen LogP contribution in [0.2, 0.25) is 0 Å². The Morgan fingerprint density at radius 1 is 0.789 bits per heavy atom. The number of nitrogens with one attached hydrogen (secondary N) is 1. The molecule has 0 atom stereocenters. The number of benzene rings is 3. The van der Waals surface area contributed by atoms with Crippen LogP contribution in [0.3, 0.4) is 0 Å². The summed E-state index contributed by atoms with van der Waals surface area (Å²) in [6.07, 6.45) is 3.36. The molecule has 0 spiro atoms. The van der Waals surface area contributed by atoms with Gasteiger partial charge in [0.1, 0.15) is 22.1 Å². The van der Waals surface area contributed by atoms with Crippen LogP contribution in [0.25, 0.3) is 33.4 Å². The van der Waals surface area contributed by atoms with Crippen LogP contribution in [0, 0.1) is 0 Å². The zero-order valence-corrected chi connectivity index (χ0v) is 20.6. The van der Waals surface area contributed by atoms with Crippen molar-refractivity contribution in [3.05, 3.63) is 115 Å². The lowest BCUT2D eigenvalue weighted by molar-refractivity contribution is 0.483. The van der Waals surface area contributed by atoms with Crippen molar-refractivity contribution in [3.8, 4) is 22.5 Å². The Labute approximate surface area is 218 Å². The Hall–Kier alpha value is -4.86. The second-order valence-electron chi connectivity index (χ2n) is 8.48. The first-order valence-corrected chi connectivity index (χ1v) is 13.1. The van der Waals surface area contributed by atoms with E-state index in [1.54, 1.807) is 42.7 Å². The number of anilines is 2. The molecule has 0 amide bonds. The van der Waals surface area contributed by atoms with Crippen LogP contribution < -0.4 is 10.7 Å². The lowest BCUT2D eigenvalue weighted by Gasteiger charge is -2.17. The third-order valence-electron chi connectivity index (χ3n) is 5.97. The van der Waals surface area contributed by atoms with E-state index in [4.69, 9.17) is 4.42 Å². The normalized spacial score (nSPS) is 12.2. The Kier molecular flexibility index (Phi) is 5.91. The van der Waals surface area contributed by atoms with Gasteiger partial charge in [0.05, 0.1) is 5.36 Å². The predicted octanol–water partition coefficient (Wildman–Crippen LogP) is 6.22. The van der Waals surface area contributed by atoms with Crippen molar-refractivity contribution in [2.24, 2.45) is 4.99 Å². The highest BCUT2D eigenvalue weighted by atomic mass is 32.2. The molecule has 1 aliphatic carbocycles. The molecule has 2 aromatic carbocycles. The highest BCUT2D eigenvalue weighted by molar-refractivity contribution is 7.86. The lowest BCUT2D eigenvalue weighted by Crippen LogP contribution is -2.05. The minimum absolute atomic E-state index is 0.188. The van der Waals surface area contributed by atoms with Crippen LogP contribution in [-0.2, 0) is 10.1 Å². The monoisotopic (exact) mass is 520 g/mol. The lowest BCUT2D eigenvalue weighted by atomic mass is 9.93. The van der Waals surface area contributed by atoms with Gasteiger partial charge in [-0.1, -0.05) is 30.3 Å². The van der Waals surface area contributed by atoms with Crippen LogP contribution in [0.4, 0.5) is 17.3 Å². The molecule has 0 radical (unpaired) electrons. The van der Waals surface area contributed by atoms with Crippen molar-refractivity contribution in [1.29, 1.82) is 0 Å². The number of rotatable bonds is 5. The average Bonchev–Trinajstić information content (AvgIpc) is 2.92. The summed E-state index contributed by atoms with van der Waals surface area (Å²) in [7, 11) is -4.49. The molecule has 2 aliphatic rings. The number of nitrogens with zero attached hydrogens (tertiary/aromatic N) is 3. The summed E-state index contributed by atoms with van der Waals surface area (Å²) < 4.78 is 41.0. The molecule has 2 N–H and O–H groups in total. The van der Waals surface area contributed by atoms with E-state index in [-0.39, 0.29) is 4.90 Å². The highest BCUT2D eigenvalue weighted by Crippen LogP contribution is 2.42. The van der Waals surface area contributed by atoms with Crippen LogP contribution >= 0.6 is 0 Å².